The third-order valence-corrected chi connectivity index (χ3v) is 8.90. The Bertz CT molecular complexity index is 1880. The minimum atomic E-state index is -1.32. The molecule has 0 spiro atoms. The Morgan fingerprint density at radius 2 is 1.93 bits per heavy atom. The van der Waals surface area contributed by atoms with Crippen molar-refractivity contribution in [1.82, 2.24) is 15.3 Å². The van der Waals surface area contributed by atoms with Crippen molar-refractivity contribution in [2.75, 3.05) is 18.5 Å². The quantitative estimate of drug-likeness (QED) is 0.155. The highest BCUT2D eigenvalue weighted by atomic mass is 79.9. The maximum atomic E-state index is 14.0. The molecule has 0 radical (unpaired) electrons. The van der Waals surface area contributed by atoms with E-state index in [2.05, 4.69) is 36.5 Å². The molecular weight excluding hydrogens is 620 g/mol. The Kier molecular flexibility index (Phi) is 7.53. The first kappa shape index (κ1) is 27.7. The van der Waals surface area contributed by atoms with Crippen LogP contribution in [0.4, 0.5) is 5.69 Å². The van der Waals surface area contributed by atoms with Crippen LogP contribution in [0.2, 0.25) is 0 Å². The van der Waals surface area contributed by atoms with Gasteiger partial charge in [-0.1, -0.05) is 6.92 Å². The maximum Gasteiger partial charge on any atom is 0.355 e. The number of carbonyl (C=O) groups is 3. The highest BCUT2D eigenvalue weighted by Gasteiger charge is 2.27. The zero-order valence-corrected chi connectivity index (χ0v) is 24.8. The summed E-state index contributed by atoms with van der Waals surface area (Å²) in [6.07, 6.45) is 3.25. The number of hydrogen-bond acceptors (Lipinski definition) is 6. The number of benzene rings is 2. The summed E-state index contributed by atoms with van der Waals surface area (Å²) < 4.78 is 6.81. The molecule has 0 bridgehead atoms. The second-order valence-corrected chi connectivity index (χ2v) is 11.5. The lowest BCUT2D eigenvalue weighted by Gasteiger charge is -2.17. The van der Waals surface area contributed by atoms with Crippen LogP contribution in [0.15, 0.2) is 64.6 Å². The maximum absolute atomic E-state index is 14.0. The van der Waals surface area contributed by atoms with Crippen LogP contribution in [0.25, 0.3) is 32.5 Å². The number of thiophene rings is 1. The molecule has 9 nitrogen and oxygen atoms in total. The molecule has 0 fully saturated rings. The third kappa shape index (κ3) is 5.05. The molecule has 1 aliphatic rings. The molecule has 4 heterocycles. The van der Waals surface area contributed by atoms with Crippen molar-refractivity contribution >= 4 is 61.6 Å². The number of anilines is 1. The van der Waals surface area contributed by atoms with Crippen LogP contribution in [-0.4, -0.2) is 46.0 Å². The average molecular weight is 646 g/mol. The molecule has 2 aromatic carbocycles. The lowest BCUT2D eigenvalue weighted by molar-refractivity contribution is 0.0691. The van der Waals surface area contributed by atoms with Crippen molar-refractivity contribution in [2.24, 2.45) is 0 Å². The van der Waals surface area contributed by atoms with Gasteiger partial charge in [0, 0.05) is 57.2 Å². The van der Waals surface area contributed by atoms with Gasteiger partial charge in [-0.15, -0.1) is 11.3 Å². The summed E-state index contributed by atoms with van der Waals surface area (Å²) in [4.78, 5) is 47.4. The molecule has 212 valence electrons. The number of carboxylic acid groups (broad SMARTS) is 1. The molecule has 5 aromatic rings. The van der Waals surface area contributed by atoms with Gasteiger partial charge in [0.1, 0.15) is 11.4 Å². The van der Waals surface area contributed by atoms with Gasteiger partial charge in [-0.05, 0) is 81.8 Å². The lowest BCUT2D eigenvalue weighted by atomic mass is 9.93. The number of nitrogens with one attached hydrogen (secondary N) is 3. The summed E-state index contributed by atoms with van der Waals surface area (Å²) in [7, 11) is 0. The van der Waals surface area contributed by atoms with E-state index in [1.165, 1.54) is 12.1 Å². The molecule has 2 amide bonds. The summed E-state index contributed by atoms with van der Waals surface area (Å²) in [5.41, 5.74) is 3.75. The first-order chi connectivity index (χ1) is 20.4. The summed E-state index contributed by atoms with van der Waals surface area (Å²) in [6.45, 7) is 2.79. The van der Waals surface area contributed by atoms with E-state index >= 15 is 0 Å². The molecule has 0 atom stereocenters. The van der Waals surface area contributed by atoms with Gasteiger partial charge in [0.15, 0.2) is 5.69 Å². The number of halogens is 1. The fraction of sp³-hybridized carbons (Fsp3) is 0.161. The van der Waals surface area contributed by atoms with E-state index in [1.54, 1.807) is 29.5 Å². The van der Waals surface area contributed by atoms with Crippen molar-refractivity contribution < 1.29 is 24.2 Å². The van der Waals surface area contributed by atoms with Crippen molar-refractivity contribution in [1.29, 1.82) is 0 Å². The number of hydrogen-bond donors (Lipinski definition) is 4. The van der Waals surface area contributed by atoms with Crippen molar-refractivity contribution in [3.63, 3.8) is 0 Å². The molecule has 0 unspecified atom stereocenters. The Balaban J connectivity index is 1.51. The number of rotatable bonds is 7. The normalized spacial score (nSPS) is 12.1. The van der Waals surface area contributed by atoms with Gasteiger partial charge >= 0.3 is 5.97 Å². The minimum absolute atomic E-state index is 0.0198. The fourth-order valence-electron chi connectivity index (χ4n) is 5.00. The molecule has 0 saturated heterocycles. The smallest absolute Gasteiger partial charge is 0.355 e. The van der Waals surface area contributed by atoms with Crippen molar-refractivity contribution in [3.05, 3.63) is 87.1 Å². The second-order valence-electron chi connectivity index (χ2n) is 9.74. The van der Waals surface area contributed by atoms with Gasteiger partial charge in [0.2, 0.25) is 0 Å². The second kappa shape index (κ2) is 11.4. The molecule has 11 heteroatoms. The summed E-state index contributed by atoms with van der Waals surface area (Å²) in [5.74, 6) is -1.69. The van der Waals surface area contributed by atoms with Gasteiger partial charge in [0.05, 0.1) is 16.8 Å². The number of aromatic nitrogens is 2. The Hall–Kier alpha value is -4.48. The Labute approximate surface area is 253 Å². The van der Waals surface area contributed by atoms with Crippen LogP contribution in [0, 0.1) is 0 Å². The molecular formula is C31H25BrN4O5S. The number of H-pyrrole nitrogens is 1. The molecule has 0 saturated carbocycles. The minimum Gasteiger partial charge on any atom is -0.493 e. The van der Waals surface area contributed by atoms with Crippen LogP contribution in [0.5, 0.6) is 5.75 Å². The number of pyridine rings is 1. The molecule has 3 aromatic heterocycles. The molecule has 6 rings (SSSR count). The summed E-state index contributed by atoms with van der Waals surface area (Å²) >= 11 is 5.16. The molecule has 42 heavy (non-hydrogen) atoms. The SMILES string of the molecule is CCCNC(=O)c1ccc(-c2cc3c(cc2C(=O)Nc2ccc4[nH]ccc4c2Br)-c2sccc2CCO3)c(C(=O)O)n1. The number of nitrogens with zero attached hydrogens (tertiary/aromatic N) is 1. The monoisotopic (exact) mass is 644 g/mol. The first-order valence-electron chi connectivity index (χ1n) is 13.3. The van der Waals surface area contributed by atoms with Crippen LogP contribution in [0.3, 0.4) is 0 Å². The molecule has 1 aliphatic heterocycles. The first-order valence-corrected chi connectivity index (χ1v) is 15.0. The third-order valence-electron chi connectivity index (χ3n) is 7.06. The summed E-state index contributed by atoms with van der Waals surface area (Å²) in [5, 5.41) is 18.8. The van der Waals surface area contributed by atoms with Gasteiger partial charge < -0.3 is 25.5 Å². The topological polar surface area (TPSA) is 133 Å². The van der Waals surface area contributed by atoms with E-state index in [-0.39, 0.29) is 22.5 Å². The number of carbonyl (C=O) groups excluding carboxylic acids is 2. The highest BCUT2D eigenvalue weighted by Crippen LogP contribution is 2.43. The van der Waals surface area contributed by atoms with E-state index in [4.69, 9.17) is 4.74 Å². The number of carboxylic acids is 1. The largest absolute Gasteiger partial charge is 0.493 e. The number of aromatic carboxylic acids is 1. The Morgan fingerprint density at radius 3 is 2.74 bits per heavy atom. The predicted molar refractivity (Wildman–Crippen MR) is 166 cm³/mol. The van der Waals surface area contributed by atoms with Crippen molar-refractivity contribution in [3.8, 4) is 27.3 Å². The lowest BCUT2D eigenvalue weighted by Crippen LogP contribution is -2.25. The van der Waals surface area contributed by atoms with E-state index in [1.807, 2.05) is 36.7 Å². The van der Waals surface area contributed by atoms with Gasteiger partial charge in [0.25, 0.3) is 11.8 Å². The molecule has 4 N–H and O–H groups in total. The van der Waals surface area contributed by atoms with Crippen molar-refractivity contribution in [2.45, 2.75) is 19.8 Å². The van der Waals surface area contributed by atoms with Gasteiger partial charge in [-0.3, -0.25) is 9.59 Å². The fourth-order valence-corrected chi connectivity index (χ4v) is 6.56. The van der Waals surface area contributed by atoms with E-state index in [9.17, 15) is 19.5 Å². The average Bonchev–Trinajstić information content (AvgIpc) is 3.64. The van der Waals surface area contributed by atoms with Crippen LogP contribution in [0.1, 0.15) is 50.2 Å². The van der Waals surface area contributed by atoms with Crippen LogP contribution >= 0.6 is 27.3 Å². The van der Waals surface area contributed by atoms with E-state index < -0.39 is 17.8 Å². The standard InChI is InChI=1S/C31H25BrN4O5S/c1-2-10-34-30(38)24-4-3-17(27(35-24)31(39)40)19-15-25-21(28-16(8-12-41-25)9-13-42-28)14-20(19)29(37)36-23-6-5-22-18(26(23)32)7-11-33-22/h3-7,9,11,13-15,33H,2,8,10,12H2,1H3,(H,34,38)(H,36,37)(H,39,40). The van der Waals surface area contributed by atoms with E-state index in [0.29, 0.717) is 41.0 Å². The summed E-state index contributed by atoms with van der Waals surface area (Å²) in [6, 6.07) is 14.0. The van der Waals surface area contributed by atoms with Gasteiger partial charge in [-0.25, -0.2) is 9.78 Å². The number of aromatic amines is 1. The number of fused-ring (bicyclic) bond motifs is 4. The zero-order valence-electron chi connectivity index (χ0n) is 22.4. The zero-order chi connectivity index (χ0) is 29.4. The van der Waals surface area contributed by atoms with Crippen LogP contribution < -0.4 is 15.4 Å². The molecule has 0 aliphatic carbocycles. The Morgan fingerprint density at radius 1 is 1.07 bits per heavy atom. The highest BCUT2D eigenvalue weighted by molar-refractivity contribution is 9.10. The van der Waals surface area contributed by atoms with E-state index in [0.717, 1.165) is 33.3 Å². The number of ether oxygens (including phenoxy) is 1. The van der Waals surface area contributed by atoms with Gasteiger partial charge in [-0.2, -0.15) is 0 Å². The number of amides is 2. The van der Waals surface area contributed by atoms with Crippen LogP contribution in [-0.2, 0) is 6.42 Å². The predicted octanol–water partition coefficient (Wildman–Crippen LogP) is 6.75.